The average molecular weight is 453 g/mol. The van der Waals surface area contributed by atoms with Crippen molar-refractivity contribution < 1.29 is 18.9 Å². The van der Waals surface area contributed by atoms with E-state index in [0.29, 0.717) is 41.4 Å². The molecule has 2 aliphatic heterocycles. The van der Waals surface area contributed by atoms with Gasteiger partial charge < -0.3 is 19.8 Å². The van der Waals surface area contributed by atoms with E-state index in [1.807, 2.05) is 12.1 Å². The highest BCUT2D eigenvalue weighted by Crippen LogP contribution is 2.25. The van der Waals surface area contributed by atoms with Crippen LogP contribution in [0.25, 0.3) is 11.0 Å². The molecule has 1 N–H and O–H groups in total. The van der Waals surface area contributed by atoms with E-state index in [9.17, 15) is 4.39 Å². The number of nitrogens with one attached hydrogen (secondary N) is 1. The molecule has 0 aliphatic carbocycles. The van der Waals surface area contributed by atoms with E-state index >= 15 is 0 Å². The Morgan fingerprint density at radius 1 is 1.27 bits per heavy atom. The van der Waals surface area contributed by atoms with Crippen LogP contribution in [0.2, 0.25) is 0 Å². The molecule has 0 bridgehead atoms. The summed E-state index contributed by atoms with van der Waals surface area (Å²) < 4.78 is 19.8. The third kappa shape index (κ3) is 5.08. The molecule has 7 nitrogen and oxygen atoms in total. The van der Waals surface area contributed by atoms with Gasteiger partial charge in [-0.25, -0.2) is 9.37 Å². The van der Waals surface area contributed by atoms with Gasteiger partial charge in [-0.05, 0) is 49.5 Å². The monoisotopic (exact) mass is 452 g/mol. The van der Waals surface area contributed by atoms with Crippen LogP contribution >= 0.6 is 0 Å². The Morgan fingerprint density at radius 3 is 3.12 bits per heavy atom. The summed E-state index contributed by atoms with van der Waals surface area (Å²) in [6, 6.07) is 9.84. The zero-order chi connectivity index (χ0) is 22.6. The van der Waals surface area contributed by atoms with Crippen molar-refractivity contribution in [2.45, 2.75) is 25.8 Å². The van der Waals surface area contributed by atoms with E-state index in [0.717, 1.165) is 51.3 Å². The zero-order valence-electron chi connectivity index (χ0n) is 18.8. The van der Waals surface area contributed by atoms with Crippen LogP contribution in [0.5, 0.6) is 11.6 Å². The molecule has 1 aromatic carbocycles. The highest BCUT2D eigenvalue weighted by Gasteiger charge is 2.23. The summed E-state index contributed by atoms with van der Waals surface area (Å²) >= 11 is 0. The third-order valence-corrected chi connectivity index (χ3v) is 6.49. The van der Waals surface area contributed by atoms with Crippen molar-refractivity contribution in [2.75, 3.05) is 39.9 Å². The molecule has 0 saturated carbocycles. The second-order valence-electron chi connectivity index (χ2n) is 8.74. The van der Waals surface area contributed by atoms with E-state index in [2.05, 4.69) is 32.3 Å². The number of rotatable bonds is 8. The summed E-state index contributed by atoms with van der Waals surface area (Å²) in [5.41, 5.74) is 4.36. The molecule has 0 amide bonds. The van der Waals surface area contributed by atoms with Crippen LogP contribution in [-0.2, 0) is 24.3 Å². The Labute approximate surface area is 192 Å². The molecule has 5 rings (SSSR count). The highest BCUT2D eigenvalue weighted by atomic mass is 19.1. The fraction of sp³-hybridized carbons (Fsp3) is 0.440. The quantitative estimate of drug-likeness (QED) is 0.526. The second kappa shape index (κ2) is 9.99. The van der Waals surface area contributed by atoms with Crippen LogP contribution in [0.15, 0.2) is 36.5 Å². The average Bonchev–Trinajstić information content (AvgIpc) is 3.30. The van der Waals surface area contributed by atoms with Crippen LogP contribution in [0.4, 0.5) is 4.39 Å². The molecular formula is C25H29FN4O3. The number of methoxy groups -OCH3 is 1. The number of fused-ring (bicyclic) bond motifs is 2. The predicted octanol–water partition coefficient (Wildman–Crippen LogP) is 3.30. The number of likely N-dealkylation sites (tertiary alicyclic amines) is 1. The summed E-state index contributed by atoms with van der Waals surface area (Å²) in [5, 5.41) is 3.60. The Kier molecular flexibility index (Phi) is 6.66. The molecule has 0 spiro atoms. The van der Waals surface area contributed by atoms with Crippen molar-refractivity contribution in [1.82, 2.24) is 20.2 Å². The van der Waals surface area contributed by atoms with Gasteiger partial charge in [-0.3, -0.25) is 4.98 Å². The number of nitrogens with zero attached hydrogens (tertiary/aromatic N) is 3. The highest BCUT2D eigenvalue weighted by molar-refractivity contribution is 5.78. The van der Waals surface area contributed by atoms with Crippen molar-refractivity contribution >= 4 is 11.0 Å². The minimum Gasteiger partial charge on any atom is -0.481 e. The van der Waals surface area contributed by atoms with E-state index in [4.69, 9.17) is 14.5 Å². The van der Waals surface area contributed by atoms with Gasteiger partial charge in [0.15, 0.2) is 5.75 Å². The summed E-state index contributed by atoms with van der Waals surface area (Å²) in [5.74, 6) is 1.59. The molecule has 0 radical (unpaired) electrons. The molecule has 2 aromatic heterocycles. The summed E-state index contributed by atoms with van der Waals surface area (Å²) in [4.78, 5) is 21.3. The van der Waals surface area contributed by atoms with Gasteiger partial charge in [-0.1, -0.05) is 12.1 Å². The first-order valence-electron chi connectivity index (χ1n) is 11.5. The number of benzene rings is 1. The van der Waals surface area contributed by atoms with Gasteiger partial charge in [-0.15, -0.1) is 0 Å². The molecule has 2 aliphatic rings. The largest absolute Gasteiger partial charge is 0.481 e. The molecule has 174 valence electrons. The van der Waals surface area contributed by atoms with Gasteiger partial charge in [0.2, 0.25) is 5.88 Å². The number of pyridine rings is 2. The lowest BCUT2D eigenvalue weighted by Gasteiger charge is -2.18. The predicted molar refractivity (Wildman–Crippen MR) is 123 cm³/mol. The standard InChI is InChI=1S/C25H29FN4O3/c1-31-24-5-3-22-25(29-24)20(21(26)15-28-22)7-10-30-9-6-18(16-30)14-27-13-17-2-4-23-19(12-17)8-11-32-33-23/h2-5,12,15,18,27H,6-11,13-14,16H2,1H3/t18-/m0/s1. The first kappa shape index (κ1) is 22.0. The smallest absolute Gasteiger partial charge is 0.213 e. The number of aromatic nitrogens is 2. The Bertz CT molecular complexity index is 1130. The van der Waals surface area contributed by atoms with Crippen LogP contribution in [0.3, 0.4) is 0 Å². The first-order valence-corrected chi connectivity index (χ1v) is 11.5. The molecule has 33 heavy (non-hydrogen) atoms. The van der Waals surface area contributed by atoms with E-state index in [1.54, 1.807) is 13.2 Å². The fourth-order valence-electron chi connectivity index (χ4n) is 4.68. The first-order chi connectivity index (χ1) is 16.2. The molecular weight excluding hydrogens is 423 g/mol. The molecule has 1 fully saturated rings. The lowest BCUT2D eigenvalue weighted by atomic mass is 10.1. The topological polar surface area (TPSA) is 68.7 Å². The fourth-order valence-corrected chi connectivity index (χ4v) is 4.68. The molecule has 1 saturated heterocycles. The van der Waals surface area contributed by atoms with Gasteiger partial charge in [0.05, 0.1) is 30.9 Å². The van der Waals surface area contributed by atoms with Crippen molar-refractivity contribution in [3.8, 4) is 11.6 Å². The van der Waals surface area contributed by atoms with E-state index in [1.165, 1.54) is 17.3 Å². The van der Waals surface area contributed by atoms with Crippen molar-refractivity contribution in [3.63, 3.8) is 0 Å². The van der Waals surface area contributed by atoms with Crippen molar-refractivity contribution in [3.05, 3.63) is 59.0 Å². The lowest BCUT2D eigenvalue weighted by Crippen LogP contribution is -2.27. The number of ether oxygens (including phenoxy) is 1. The summed E-state index contributed by atoms with van der Waals surface area (Å²) in [6.07, 6.45) is 3.93. The maximum absolute atomic E-state index is 14.6. The van der Waals surface area contributed by atoms with Crippen molar-refractivity contribution in [1.29, 1.82) is 0 Å². The Hall–Kier alpha value is -2.81. The molecule has 3 aromatic rings. The third-order valence-electron chi connectivity index (χ3n) is 6.49. The van der Waals surface area contributed by atoms with E-state index in [-0.39, 0.29) is 5.82 Å². The second-order valence-corrected chi connectivity index (χ2v) is 8.74. The molecule has 4 heterocycles. The Morgan fingerprint density at radius 2 is 2.21 bits per heavy atom. The van der Waals surface area contributed by atoms with Crippen molar-refractivity contribution in [2.24, 2.45) is 5.92 Å². The van der Waals surface area contributed by atoms with Gasteiger partial charge in [-0.2, -0.15) is 4.89 Å². The maximum atomic E-state index is 14.6. The van der Waals surface area contributed by atoms with Gasteiger partial charge in [0, 0.05) is 43.2 Å². The SMILES string of the molecule is COc1ccc2ncc(F)c(CCN3CC[C@@H](CNCc4ccc5c(c4)CCOO5)C3)c2n1. The van der Waals surface area contributed by atoms with Crippen LogP contribution in [0.1, 0.15) is 23.1 Å². The number of halogens is 1. The van der Waals surface area contributed by atoms with Gasteiger partial charge in [0.1, 0.15) is 5.82 Å². The van der Waals surface area contributed by atoms with Crippen LogP contribution in [0, 0.1) is 11.7 Å². The van der Waals surface area contributed by atoms with Gasteiger partial charge >= 0.3 is 0 Å². The summed E-state index contributed by atoms with van der Waals surface area (Å²) in [7, 11) is 1.56. The Balaban J connectivity index is 1.12. The van der Waals surface area contributed by atoms with E-state index < -0.39 is 0 Å². The molecule has 0 unspecified atom stereocenters. The molecule has 1 atom stereocenters. The number of hydrogen-bond donors (Lipinski definition) is 1. The van der Waals surface area contributed by atoms with Gasteiger partial charge in [0.25, 0.3) is 0 Å². The minimum atomic E-state index is -0.303. The molecule has 8 heteroatoms. The lowest BCUT2D eigenvalue weighted by molar-refractivity contribution is -0.215. The zero-order valence-corrected chi connectivity index (χ0v) is 18.8. The minimum absolute atomic E-state index is 0.303. The van der Waals surface area contributed by atoms with Crippen LogP contribution < -0.4 is 14.9 Å². The van der Waals surface area contributed by atoms with Crippen LogP contribution in [-0.4, -0.2) is 54.8 Å². The normalized spacial score (nSPS) is 18.3. The maximum Gasteiger partial charge on any atom is 0.213 e. The number of hydrogen-bond acceptors (Lipinski definition) is 7. The summed E-state index contributed by atoms with van der Waals surface area (Å²) in [6.45, 7) is 5.27.